The molecule has 20 heavy (non-hydrogen) atoms. The Morgan fingerprint density at radius 1 is 1.30 bits per heavy atom. The second-order valence-electron chi connectivity index (χ2n) is 5.08. The molecular formula is C13H17Cl2NO3S. The van der Waals surface area contributed by atoms with E-state index < -0.39 is 15.0 Å². The van der Waals surface area contributed by atoms with Crippen LogP contribution in [-0.4, -0.2) is 20.4 Å². The van der Waals surface area contributed by atoms with Crippen molar-refractivity contribution in [1.29, 1.82) is 0 Å². The number of rotatable bonds is 5. The fourth-order valence-corrected chi connectivity index (χ4v) is 2.88. The average Bonchev–Trinajstić information content (AvgIpc) is 2.26. The van der Waals surface area contributed by atoms with Crippen molar-refractivity contribution in [2.24, 2.45) is 5.92 Å². The summed E-state index contributed by atoms with van der Waals surface area (Å²) in [5.74, 6) is 0.0284. The van der Waals surface area contributed by atoms with Gasteiger partial charge in [0.25, 0.3) is 15.0 Å². The van der Waals surface area contributed by atoms with Gasteiger partial charge in [0.15, 0.2) is 0 Å². The lowest BCUT2D eigenvalue weighted by atomic mass is 10.0. The monoisotopic (exact) mass is 337 g/mol. The third-order valence-corrected chi connectivity index (χ3v) is 4.35. The first-order valence-corrected chi connectivity index (χ1v) is 8.85. The Bertz CT molecular complexity index is 600. The fourth-order valence-electron chi connectivity index (χ4n) is 1.90. The van der Waals surface area contributed by atoms with E-state index in [0.29, 0.717) is 5.92 Å². The minimum Gasteiger partial charge on any atom is -0.350 e. The van der Waals surface area contributed by atoms with Crippen molar-refractivity contribution in [3.63, 3.8) is 0 Å². The van der Waals surface area contributed by atoms with Crippen LogP contribution < -0.4 is 5.32 Å². The molecule has 112 valence electrons. The van der Waals surface area contributed by atoms with Crippen LogP contribution in [0.1, 0.15) is 37.6 Å². The molecule has 0 fully saturated rings. The molecule has 1 atom stereocenters. The van der Waals surface area contributed by atoms with Crippen LogP contribution in [0.4, 0.5) is 0 Å². The molecule has 1 aromatic rings. The molecule has 0 aromatic heterocycles. The first kappa shape index (κ1) is 17.3. The molecule has 0 heterocycles. The summed E-state index contributed by atoms with van der Waals surface area (Å²) in [6, 6.07) is 3.76. The Kier molecular flexibility index (Phi) is 5.86. The van der Waals surface area contributed by atoms with E-state index >= 15 is 0 Å². The predicted octanol–water partition coefficient (Wildman–Crippen LogP) is 3.43. The summed E-state index contributed by atoms with van der Waals surface area (Å²) in [4.78, 5) is 12.0. The van der Waals surface area contributed by atoms with Gasteiger partial charge in [-0.15, -0.1) is 0 Å². The van der Waals surface area contributed by atoms with Gasteiger partial charge in [0.05, 0.1) is 15.5 Å². The first-order chi connectivity index (χ1) is 9.11. The van der Waals surface area contributed by atoms with Crippen LogP contribution in [0.5, 0.6) is 0 Å². The summed E-state index contributed by atoms with van der Waals surface area (Å²) >= 11 is 5.93. The van der Waals surface area contributed by atoms with E-state index in [1.807, 2.05) is 6.92 Å². The normalized spacial score (nSPS) is 13.3. The van der Waals surface area contributed by atoms with Gasteiger partial charge in [-0.2, -0.15) is 0 Å². The molecule has 0 aliphatic heterocycles. The van der Waals surface area contributed by atoms with Gasteiger partial charge in [0.1, 0.15) is 0 Å². The first-order valence-electron chi connectivity index (χ1n) is 6.16. The van der Waals surface area contributed by atoms with Crippen molar-refractivity contribution >= 4 is 37.2 Å². The van der Waals surface area contributed by atoms with Crippen LogP contribution in [0.15, 0.2) is 23.1 Å². The van der Waals surface area contributed by atoms with E-state index in [-0.39, 0.29) is 21.5 Å². The van der Waals surface area contributed by atoms with Crippen molar-refractivity contribution in [3.8, 4) is 0 Å². The SMILES string of the molecule is CC(C)CC(C)NC(=O)c1cc(S(=O)(=O)Cl)ccc1Cl. The highest BCUT2D eigenvalue weighted by molar-refractivity contribution is 8.13. The van der Waals surface area contributed by atoms with E-state index in [2.05, 4.69) is 19.2 Å². The number of amides is 1. The number of benzene rings is 1. The Labute approximate surface area is 128 Å². The molecule has 1 aromatic carbocycles. The maximum Gasteiger partial charge on any atom is 0.261 e. The lowest BCUT2D eigenvalue weighted by Crippen LogP contribution is -2.33. The molecule has 0 radical (unpaired) electrons. The summed E-state index contributed by atoms with van der Waals surface area (Å²) in [7, 11) is 1.37. The van der Waals surface area contributed by atoms with Crippen LogP contribution >= 0.6 is 22.3 Å². The Morgan fingerprint density at radius 3 is 2.40 bits per heavy atom. The lowest BCUT2D eigenvalue weighted by molar-refractivity contribution is 0.0936. The number of hydrogen-bond donors (Lipinski definition) is 1. The molecule has 7 heteroatoms. The average molecular weight is 338 g/mol. The minimum atomic E-state index is -3.89. The highest BCUT2D eigenvalue weighted by Crippen LogP contribution is 2.23. The molecule has 0 saturated carbocycles. The molecule has 0 saturated heterocycles. The minimum absolute atomic E-state index is 0.0326. The van der Waals surface area contributed by atoms with E-state index in [0.717, 1.165) is 6.42 Å². The van der Waals surface area contributed by atoms with Crippen molar-refractivity contribution < 1.29 is 13.2 Å². The Balaban J connectivity index is 2.98. The zero-order valence-corrected chi connectivity index (χ0v) is 13.8. The van der Waals surface area contributed by atoms with Gasteiger partial charge >= 0.3 is 0 Å². The van der Waals surface area contributed by atoms with E-state index in [9.17, 15) is 13.2 Å². The molecule has 0 bridgehead atoms. The summed E-state index contributed by atoms with van der Waals surface area (Å²) in [6.45, 7) is 5.99. The smallest absolute Gasteiger partial charge is 0.261 e. The quantitative estimate of drug-likeness (QED) is 0.837. The third kappa shape index (κ3) is 4.96. The zero-order chi connectivity index (χ0) is 15.5. The van der Waals surface area contributed by atoms with Crippen LogP contribution in [0, 0.1) is 5.92 Å². The lowest BCUT2D eigenvalue weighted by Gasteiger charge is -2.16. The summed E-state index contributed by atoms with van der Waals surface area (Å²) in [5, 5.41) is 2.97. The highest BCUT2D eigenvalue weighted by atomic mass is 35.7. The highest BCUT2D eigenvalue weighted by Gasteiger charge is 2.18. The topological polar surface area (TPSA) is 63.2 Å². The van der Waals surface area contributed by atoms with Gasteiger partial charge in [0, 0.05) is 16.7 Å². The van der Waals surface area contributed by atoms with E-state index in [1.54, 1.807) is 0 Å². The van der Waals surface area contributed by atoms with Gasteiger partial charge in [-0.3, -0.25) is 4.79 Å². The zero-order valence-electron chi connectivity index (χ0n) is 11.5. The molecule has 1 rings (SSSR count). The third-order valence-electron chi connectivity index (χ3n) is 2.67. The molecule has 1 unspecified atom stereocenters. The Morgan fingerprint density at radius 2 is 1.90 bits per heavy atom. The van der Waals surface area contributed by atoms with Gasteiger partial charge in [0.2, 0.25) is 0 Å². The summed E-state index contributed by atoms with van der Waals surface area (Å²) < 4.78 is 22.6. The van der Waals surface area contributed by atoms with Gasteiger partial charge in [-0.25, -0.2) is 8.42 Å². The van der Waals surface area contributed by atoms with Crippen LogP contribution in [0.25, 0.3) is 0 Å². The second-order valence-corrected chi connectivity index (χ2v) is 8.06. The Hall–Kier alpha value is -0.780. The van der Waals surface area contributed by atoms with Gasteiger partial charge < -0.3 is 5.32 Å². The van der Waals surface area contributed by atoms with Crippen LogP contribution in [0.3, 0.4) is 0 Å². The van der Waals surface area contributed by atoms with Crippen molar-refractivity contribution in [2.45, 2.75) is 38.1 Å². The van der Waals surface area contributed by atoms with Gasteiger partial charge in [-0.05, 0) is 37.5 Å². The van der Waals surface area contributed by atoms with E-state index in [4.69, 9.17) is 22.3 Å². The number of hydrogen-bond acceptors (Lipinski definition) is 3. The molecule has 0 spiro atoms. The van der Waals surface area contributed by atoms with Gasteiger partial charge in [-0.1, -0.05) is 25.4 Å². The van der Waals surface area contributed by atoms with Crippen molar-refractivity contribution in [3.05, 3.63) is 28.8 Å². The number of carbonyl (C=O) groups excluding carboxylic acids is 1. The molecule has 1 amide bonds. The largest absolute Gasteiger partial charge is 0.350 e. The number of nitrogens with one attached hydrogen (secondary N) is 1. The van der Waals surface area contributed by atoms with Crippen molar-refractivity contribution in [2.75, 3.05) is 0 Å². The predicted molar refractivity (Wildman–Crippen MR) is 80.9 cm³/mol. The maximum absolute atomic E-state index is 12.1. The van der Waals surface area contributed by atoms with Crippen molar-refractivity contribution in [1.82, 2.24) is 5.32 Å². The second kappa shape index (κ2) is 6.78. The molecular weight excluding hydrogens is 321 g/mol. The van der Waals surface area contributed by atoms with Crippen LogP contribution in [0.2, 0.25) is 5.02 Å². The summed E-state index contributed by atoms with van der Waals surface area (Å²) in [5.41, 5.74) is 0.101. The van der Waals surface area contributed by atoms with Crippen LogP contribution in [-0.2, 0) is 9.05 Å². The summed E-state index contributed by atoms with van der Waals surface area (Å²) in [6.07, 6.45) is 0.816. The maximum atomic E-state index is 12.1. The number of halogens is 2. The molecule has 1 N–H and O–H groups in total. The standard InChI is InChI=1S/C13H17Cl2NO3S/c1-8(2)6-9(3)16-13(17)11-7-10(20(15,18)19)4-5-12(11)14/h4-5,7-9H,6H2,1-3H3,(H,16,17). The fraction of sp³-hybridized carbons (Fsp3) is 0.462. The number of carbonyl (C=O) groups is 1. The molecule has 4 nitrogen and oxygen atoms in total. The molecule has 0 aliphatic rings. The van der Waals surface area contributed by atoms with E-state index in [1.165, 1.54) is 18.2 Å². The molecule has 0 aliphatic carbocycles.